The van der Waals surface area contributed by atoms with Crippen molar-refractivity contribution in [2.45, 2.75) is 163 Å². The fourth-order valence-electron chi connectivity index (χ4n) is 14.2. The van der Waals surface area contributed by atoms with E-state index < -0.39 is 43.4 Å². The van der Waals surface area contributed by atoms with Crippen molar-refractivity contribution in [3.63, 3.8) is 0 Å². The topological polar surface area (TPSA) is 214 Å². The summed E-state index contributed by atoms with van der Waals surface area (Å²) in [5, 5.41) is 13.3. The highest BCUT2D eigenvalue weighted by Gasteiger charge is 2.44. The van der Waals surface area contributed by atoms with E-state index in [2.05, 4.69) is 147 Å². The molecule has 0 bridgehead atoms. The van der Waals surface area contributed by atoms with Gasteiger partial charge in [-0.15, -0.1) is 17.8 Å². The second-order valence-corrected chi connectivity index (χ2v) is 43.7. The number of carbonyl (C=O) groups excluding carboxylic acids is 3. The third-order valence-electron chi connectivity index (χ3n) is 20.8. The number of hydrogen-bond acceptors (Lipinski definition) is 18. The van der Waals surface area contributed by atoms with E-state index in [0.29, 0.717) is 39.9 Å². The first-order valence-corrected chi connectivity index (χ1v) is 50.9. The third-order valence-corrected chi connectivity index (χ3v) is 31.1. The van der Waals surface area contributed by atoms with Crippen LogP contribution in [0.15, 0.2) is 266 Å². The van der Waals surface area contributed by atoms with Gasteiger partial charge in [0, 0.05) is 45.8 Å². The summed E-state index contributed by atoms with van der Waals surface area (Å²) < 4.78 is 66.8. The molecule has 2 aliphatic carbocycles. The van der Waals surface area contributed by atoms with Crippen molar-refractivity contribution >= 4 is 205 Å². The van der Waals surface area contributed by atoms with E-state index in [1.807, 2.05) is 104 Å². The van der Waals surface area contributed by atoms with Crippen LogP contribution < -0.4 is 8.79 Å². The second kappa shape index (κ2) is 45.8. The van der Waals surface area contributed by atoms with Gasteiger partial charge >= 0.3 is 5.97 Å². The largest absolute Gasteiger partial charge is 0.488 e. The van der Waals surface area contributed by atoms with Gasteiger partial charge < -0.3 is 14.6 Å². The quantitative estimate of drug-likeness (QED) is 0.0388. The molecule has 662 valence electrons. The number of terminal acetylenes is 1. The Bertz CT molecular complexity index is 6180. The molecule has 10 aromatic carbocycles. The van der Waals surface area contributed by atoms with Crippen LogP contribution >= 0.6 is 147 Å². The van der Waals surface area contributed by atoms with Crippen molar-refractivity contribution in [1.29, 1.82) is 0 Å². The zero-order valence-corrected chi connectivity index (χ0v) is 82.8. The van der Waals surface area contributed by atoms with Crippen molar-refractivity contribution < 1.29 is 50.0 Å². The first-order valence-electron chi connectivity index (χ1n) is 40.7. The SMILES string of the molecule is C#CCS(=O)(=O)OC1CCCCC1Oc1ccc(C(C)(C)C)cc1.CC(C)OC(=O)C(O)(c1ccc(Br)cc1)c1ccc(Br)cc1.CC1C(c2ccc(Cl)cc2)SC(=O)N1C(=O)CC1CCCCC1.Cc1ccc2nc3sc(=O)sc3nc2c1.Clc1ccc(-c2cc(-c3ccccc3)c(-c3ccccc3)s2)cc1.O=S(=O)(c1ccc(Cl)cc1)c1cc(Cl)c(Cl)cc1Cl. The fraction of sp³-hybridized carbons (Fsp3) is 0.265. The van der Waals surface area contributed by atoms with Crippen LogP contribution in [0.2, 0.25) is 30.1 Å². The summed E-state index contributed by atoms with van der Waals surface area (Å²) in [6.45, 7) is 14.0. The van der Waals surface area contributed by atoms with Gasteiger partial charge in [-0.3, -0.25) is 23.5 Å². The standard InChI is InChI=1S/C22H15ClS.C19H26O4S.C18H22ClNO2S.C17H16Br2O3.C12H6Cl4O2S.C10H6N2OS2/c23-19-13-11-17(12-14-19)21-15-20(16-7-3-1-4-8-16)22(24-21)18-9-5-2-6-10-18;1-5-14-24(20,21)23-18-9-7-6-8-17(18)22-16-12-10-15(11-13-16)19(2,3)4;1-12-17(14-7-9-15(19)10-8-14)23-18(22)20(12)16(21)11-13-5-3-2-4-6-13;1-11(2)22-16(20)17(21,12-3-7-14(18)8-4-12)13-5-9-15(19)10-6-13;13-7-1-3-8(4-2-7)19(17,18)12-6-10(15)9(14)5-11(12)16;1-5-2-3-6-7(4-5)12-9-8(11-6)14-10(13)15-9/h1-15H;1,10-13,17-18H,6-9,14H2,2-4H3;7-10,12-13,17H,2-6,11H2,1H3;3-11,21H,1-2H3;1-6H;2-4H,1H3. The van der Waals surface area contributed by atoms with Gasteiger partial charge in [0.1, 0.15) is 23.7 Å². The van der Waals surface area contributed by atoms with Gasteiger partial charge in [0.15, 0.2) is 9.66 Å². The maximum Gasteiger partial charge on any atom is 0.347 e. The number of aromatic nitrogens is 2. The van der Waals surface area contributed by atoms with Gasteiger partial charge in [-0.05, 0) is 231 Å². The highest BCUT2D eigenvalue weighted by atomic mass is 79.9. The van der Waals surface area contributed by atoms with E-state index in [1.54, 1.807) is 62.4 Å². The lowest BCUT2D eigenvalue weighted by molar-refractivity contribution is -0.166. The van der Waals surface area contributed by atoms with Crippen LogP contribution in [-0.4, -0.2) is 84.0 Å². The maximum atomic E-state index is 12.6. The van der Waals surface area contributed by atoms with E-state index in [-0.39, 0.29) is 69.0 Å². The van der Waals surface area contributed by atoms with Crippen LogP contribution in [0.1, 0.15) is 139 Å². The molecular weight excluding hydrogens is 1980 g/mol. The number of aliphatic hydroxyl groups is 1. The molecule has 3 fully saturated rings. The number of thiophene rings is 1. The van der Waals surface area contributed by atoms with Crippen LogP contribution in [0.25, 0.3) is 52.7 Å². The molecule has 15 nitrogen and oxygen atoms in total. The number of esters is 1. The minimum atomic E-state index is -3.76. The first kappa shape index (κ1) is 99.8. The average Bonchev–Trinajstić information content (AvgIpc) is 1.77. The van der Waals surface area contributed by atoms with Gasteiger partial charge in [0.05, 0.1) is 53.3 Å². The van der Waals surface area contributed by atoms with Gasteiger partial charge in [0.25, 0.3) is 19.4 Å². The fourth-order valence-corrected chi connectivity index (χ4v) is 22.4. The number of carbonyl (C=O) groups is 3. The van der Waals surface area contributed by atoms with Crippen LogP contribution in [-0.2, 0) is 49.5 Å². The number of sulfone groups is 1. The van der Waals surface area contributed by atoms with Crippen molar-refractivity contribution in [2.75, 3.05) is 5.75 Å². The highest BCUT2D eigenvalue weighted by Crippen LogP contribution is 2.47. The molecule has 13 aromatic rings. The number of benzene rings is 10. The Morgan fingerprint density at radius 2 is 1.09 bits per heavy atom. The Morgan fingerprint density at radius 1 is 0.583 bits per heavy atom. The predicted octanol–water partition coefficient (Wildman–Crippen LogP) is 28.6. The summed E-state index contributed by atoms with van der Waals surface area (Å²) in [6, 6.07) is 75.0. The van der Waals surface area contributed by atoms with Crippen LogP contribution in [0.4, 0.5) is 4.79 Å². The minimum Gasteiger partial charge on any atom is -0.488 e. The summed E-state index contributed by atoms with van der Waals surface area (Å²) in [4.78, 5) is 63.1. The number of aryl methyl sites for hydroxylation is 1. The molecule has 1 saturated heterocycles. The summed E-state index contributed by atoms with van der Waals surface area (Å²) >= 11 is 47.3. The molecule has 3 aliphatic rings. The van der Waals surface area contributed by atoms with Crippen molar-refractivity contribution in [2.24, 2.45) is 5.92 Å². The number of halogens is 8. The summed E-state index contributed by atoms with van der Waals surface area (Å²) in [5.41, 5.74) is 9.26. The van der Waals surface area contributed by atoms with E-state index in [9.17, 15) is 41.1 Å². The molecule has 2 saturated carbocycles. The average molecular weight is 2070 g/mol. The monoisotopic (exact) mass is 2060 g/mol. The van der Waals surface area contributed by atoms with Gasteiger partial charge in [0.2, 0.25) is 21.3 Å². The number of thioether (sulfide) groups is 1. The van der Waals surface area contributed by atoms with E-state index >= 15 is 0 Å². The first-order chi connectivity index (χ1) is 60.5. The molecule has 4 heterocycles. The Hall–Kier alpha value is -7.81. The molecule has 16 rings (SSSR count). The Labute approximate surface area is 805 Å². The second-order valence-electron chi connectivity index (χ2n) is 31.5. The number of amides is 2. The number of rotatable bonds is 17. The lowest BCUT2D eigenvalue weighted by Crippen LogP contribution is -2.39. The van der Waals surface area contributed by atoms with Crippen LogP contribution in [0.5, 0.6) is 5.75 Å². The third kappa shape index (κ3) is 27.4. The van der Waals surface area contributed by atoms with Crippen molar-refractivity contribution in [1.82, 2.24) is 14.9 Å². The van der Waals surface area contributed by atoms with Gasteiger partial charge in [-0.2, -0.15) is 8.42 Å². The summed E-state index contributed by atoms with van der Waals surface area (Å²) in [7, 11) is -7.46. The predicted molar refractivity (Wildman–Crippen MR) is 531 cm³/mol. The van der Waals surface area contributed by atoms with E-state index in [0.717, 1.165) is 106 Å². The summed E-state index contributed by atoms with van der Waals surface area (Å²) in [6.07, 6.45) is 13.9. The molecule has 3 aromatic heterocycles. The smallest absolute Gasteiger partial charge is 0.347 e. The molecule has 1 aliphatic heterocycles. The van der Waals surface area contributed by atoms with Gasteiger partial charge in [-0.25, -0.2) is 23.2 Å². The van der Waals surface area contributed by atoms with Crippen molar-refractivity contribution in [3.8, 4) is 50.1 Å². The van der Waals surface area contributed by atoms with Crippen LogP contribution in [0.3, 0.4) is 0 Å². The number of nitrogens with zero attached hydrogens (tertiary/aromatic N) is 3. The highest BCUT2D eigenvalue weighted by molar-refractivity contribution is 9.10. The normalized spacial score (nSPS) is 15.9. The Morgan fingerprint density at radius 3 is 1.65 bits per heavy atom. The van der Waals surface area contributed by atoms with Crippen LogP contribution in [0, 0.1) is 25.2 Å². The Kier molecular flexibility index (Phi) is 36.0. The lowest BCUT2D eigenvalue weighted by atomic mass is 9.86. The molecule has 0 radical (unpaired) electrons. The molecular formula is C98H91Br2Cl6N3O12S6. The van der Waals surface area contributed by atoms with Gasteiger partial charge in [-0.1, -0.05) is 316 Å². The van der Waals surface area contributed by atoms with E-state index in [4.69, 9.17) is 89.7 Å². The minimum absolute atomic E-state index is 0.00152. The molecule has 29 heteroatoms. The zero-order chi connectivity index (χ0) is 91.5. The number of imide groups is 1. The lowest BCUT2D eigenvalue weighted by Gasteiger charge is -2.31. The molecule has 127 heavy (non-hydrogen) atoms. The number of fused-ring (bicyclic) bond motifs is 2. The molecule has 1 N–H and O–H groups in total. The summed E-state index contributed by atoms with van der Waals surface area (Å²) in [5.74, 6) is 2.22. The van der Waals surface area contributed by atoms with Crippen molar-refractivity contribution in [3.05, 3.63) is 318 Å². The Balaban J connectivity index is 0.000000149. The maximum absolute atomic E-state index is 12.6. The zero-order valence-electron chi connectivity index (χ0n) is 70.2. The van der Waals surface area contributed by atoms with E-state index in [1.165, 1.54) is 110 Å². The molecule has 4 unspecified atom stereocenters. The molecule has 2 amide bonds. The molecule has 0 spiro atoms. The molecule has 4 atom stereocenters. The number of ether oxygens (including phenoxy) is 2. The number of hydrogen-bond donors (Lipinski definition) is 1.